The first-order valence-electron chi connectivity index (χ1n) is 9.84. The van der Waals surface area contributed by atoms with Gasteiger partial charge in [-0.15, -0.1) is 22.0 Å². The van der Waals surface area contributed by atoms with E-state index in [2.05, 4.69) is 20.7 Å². The van der Waals surface area contributed by atoms with Crippen LogP contribution in [0.4, 0.5) is 0 Å². The summed E-state index contributed by atoms with van der Waals surface area (Å²) in [5.41, 5.74) is 4.32. The topological polar surface area (TPSA) is 90.6 Å². The number of hydrogen-bond donors (Lipinski definition) is 1. The molecule has 0 fully saturated rings. The van der Waals surface area contributed by atoms with Crippen LogP contribution in [0.1, 0.15) is 12.5 Å². The number of rotatable bonds is 10. The summed E-state index contributed by atoms with van der Waals surface area (Å²) in [5.74, 6) is 1.91. The van der Waals surface area contributed by atoms with E-state index in [1.807, 2.05) is 60.2 Å². The Bertz CT molecular complexity index is 1080. The van der Waals surface area contributed by atoms with E-state index < -0.39 is 0 Å². The predicted octanol–water partition coefficient (Wildman–Crippen LogP) is 3.95. The van der Waals surface area contributed by atoms with Gasteiger partial charge in [0.25, 0.3) is 5.91 Å². The van der Waals surface area contributed by atoms with Crippen molar-refractivity contribution in [2.75, 3.05) is 26.2 Å². The smallest absolute Gasteiger partial charge is 0.250 e. The Morgan fingerprint density at radius 2 is 1.88 bits per heavy atom. The predicted molar refractivity (Wildman–Crippen MR) is 129 cm³/mol. The van der Waals surface area contributed by atoms with Gasteiger partial charge in [0.05, 0.1) is 26.2 Å². The third-order valence-electron chi connectivity index (χ3n) is 4.53. The maximum Gasteiger partial charge on any atom is 0.250 e. The van der Waals surface area contributed by atoms with Gasteiger partial charge >= 0.3 is 0 Å². The number of thioether (sulfide) groups is 2. The summed E-state index contributed by atoms with van der Waals surface area (Å²) in [4.78, 5) is 13.4. The lowest BCUT2D eigenvalue weighted by Crippen LogP contribution is -2.20. The maximum absolute atomic E-state index is 12.2. The largest absolute Gasteiger partial charge is 0.493 e. The van der Waals surface area contributed by atoms with Crippen molar-refractivity contribution in [2.45, 2.75) is 23.5 Å². The lowest BCUT2D eigenvalue weighted by atomic mass is 10.2. The van der Waals surface area contributed by atoms with Gasteiger partial charge in [0.2, 0.25) is 0 Å². The molecule has 168 valence electrons. The van der Waals surface area contributed by atoms with Crippen LogP contribution < -0.4 is 14.9 Å². The van der Waals surface area contributed by atoms with Crippen LogP contribution in [0, 0.1) is 0 Å². The summed E-state index contributed by atoms with van der Waals surface area (Å²) in [6.45, 7) is 2.66. The summed E-state index contributed by atoms with van der Waals surface area (Å²) in [6, 6.07) is 13.5. The lowest BCUT2D eigenvalue weighted by molar-refractivity contribution is -0.118. The van der Waals surface area contributed by atoms with Gasteiger partial charge in [-0.25, -0.2) is 5.43 Å². The van der Waals surface area contributed by atoms with Crippen LogP contribution >= 0.6 is 23.5 Å². The number of aromatic nitrogens is 3. The minimum atomic E-state index is -0.217. The van der Waals surface area contributed by atoms with E-state index in [1.165, 1.54) is 16.7 Å². The molecule has 1 amide bonds. The minimum absolute atomic E-state index is 0.173. The van der Waals surface area contributed by atoms with Crippen LogP contribution in [-0.4, -0.2) is 53.1 Å². The highest BCUT2D eigenvalue weighted by Gasteiger charge is 2.16. The average molecular weight is 472 g/mol. The number of hydrogen-bond acceptors (Lipinski definition) is 8. The van der Waals surface area contributed by atoms with E-state index in [9.17, 15) is 4.79 Å². The molecule has 0 unspecified atom stereocenters. The summed E-state index contributed by atoms with van der Waals surface area (Å²) in [7, 11) is 3.19. The van der Waals surface area contributed by atoms with Crippen molar-refractivity contribution in [1.29, 1.82) is 0 Å². The Kier molecular flexibility index (Phi) is 8.57. The molecule has 0 aliphatic heterocycles. The van der Waals surface area contributed by atoms with Crippen LogP contribution in [0.3, 0.4) is 0 Å². The first kappa shape index (κ1) is 23.7. The van der Waals surface area contributed by atoms with Crippen molar-refractivity contribution in [3.8, 4) is 22.9 Å². The van der Waals surface area contributed by atoms with E-state index in [0.717, 1.165) is 11.1 Å². The molecular weight excluding hydrogens is 446 g/mol. The molecule has 32 heavy (non-hydrogen) atoms. The first-order valence-corrected chi connectivity index (χ1v) is 12.0. The fraction of sp³-hybridized carbons (Fsp3) is 0.273. The molecule has 10 heteroatoms. The molecule has 3 aromatic rings. The second-order valence-electron chi connectivity index (χ2n) is 6.48. The molecule has 0 bridgehead atoms. The van der Waals surface area contributed by atoms with Gasteiger partial charge < -0.3 is 14.0 Å². The molecule has 8 nitrogen and oxygen atoms in total. The quantitative estimate of drug-likeness (QED) is 0.272. The Hall–Kier alpha value is -2.98. The Morgan fingerprint density at radius 3 is 2.53 bits per heavy atom. The average Bonchev–Trinajstić information content (AvgIpc) is 3.25. The zero-order chi connectivity index (χ0) is 22.9. The molecule has 2 aromatic carbocycles. The van der Waals surface area contributed by atoms with Gasteiger partial charge in [-0.1, -0.05) is 23.9 Å². The first-order chi connectivity index (χ1) is 15.6. The molecule has 0 saturated carbocycles. The highest BCUT2D eigenvalue weighted by Crippen LogP contribution is 2.32. The molecule has 0 atom stereocenters. The van der Waals surface area contributed by atoms with Gasteiger partial charge in [-0.2, -0.15) is 5.10 Å². The normalized spacial score (nSPS) is 11.0. The molecule has 3 rings (SSSR count). The van der Waals surface area contributed by atoms with E-state index in [0.29, 0.717) is 29.0 Å². The molecule has 1 N–H and O–H groups in total. The zero-order valence-electron chi connectivity index (χ0n) is 18.4. The molecule has 1 aromatic heterocycles. The van der Waals surface area contributed by atoms with Crippen molar-refractivity contribution >= 4 is 35.6 Å². The van der Waals surface area contributed by atoms with Gasteiger partial charge in [0.1, 0.15) is 0 Å². The SMILES string of the molecule is CCn1c(SCC(=O)N/N=C\c2ccc(SC)cc2)nnc1-c1ccc(OC)c(OC)c1. The molecule has 1 heterocycles. The summed E-state index contributed by atoms with van der Waals surface area (Å²) < 4.78 is 12.6. The molecule has 0 radical (unpaired) electrons. The van der Waals surface area contributed by atoms with E-state index in [1.54, 1.807) is 32.2 Å². The van der Waals surface area contributed by atoms with Crippen molar-refractivity contribution in [1.82, 2.24) is 20.2 Å². The van der Waals surface area contributed by atoms with Crippen molar-refractivity contribution in [3.05, 3.63) is 48.0 Å². The number of benzene rings is 2. The number of methoxy groups -OCH3 is 2. The molecule has 0 aliphatic carbocycles. The van der Waals surface area contributed by atoms with Gasteiger partial charge in [0, 0.05) is 17.0 Å². The number of ether oxygens (including phenoxy) is 2. The summed E-state index contributed by atoms with van der Waals surface area (Å²) in [5, 5.41) is 13.3. The van der Waals surface area contributed by atoms with Gasteiger partial charge in [-0.3, -0.25) is 4.79 Å². The zero-order valence-corrected chi connectivity index (χ0v) is 20.0. The number of nitrogens with one attached hydrogen (secondary N) is 1. The second kappa shape index (κ2) is 11.6. The van der Waals surface area contributed by atoms with Crippen LogP contribution in [0.15, 0.2) is 57.6 Å². The lowest BCUT2D eigenvalue weighted by Gasteiger charge is -2.10. The van der Waals surface area contributed by atoms with Crippen molar-refractivity contribution in [2.24, 2.45) is 5.10 Å². The highest BCUT2D eigenvalue weighted by atomic mass is 32.2. The van der Waals surface area contributed by atoms with Crippen LogP contribution in [0.25, 0.3) is 11.4 Å². The number of carbonyl (C=O) groups excluding carboxylic acids is 1. The second-order valence-corrected chi connectivity index (χ2v) is 8.30. The Morgan fingerprint density at radius 1 is 1.12 bits per heavy atom. The number of carbonyl (C=O) groups is 1. The summed E-state index contributed by atoms with van der Waals surface area (Å²) >= 11 is 2.98. The van der Waals surface area contributed by atoms with Crippen LogP contribution in [0.2, 0.25) is 0 Å². The minimum Gasteiger partial charge on any atom is -0.493 e. The molecule has 0 aliphatic rings. The fourth-order valence-corrected chi connectivity index (χ4v) is 4.10. The molecule has 0 saturated heterocycles. The number of nitrogens with zero attached hydrogens (tertiary/aromatic N) is 4. The maximum atomic E-state index is 12.2. The molecular formula is C22H25N5O3S2. The van der Waals surface area contributed by atoms with Crippen LogP contribution in [-0.2, 0) is 11.3 Å². The third-order valence-corrected chi connectivity index (χ3v) is 6.24. The number of hydrazone groups is 1. The standard InChI is InChI=1S/C22H25N5O3S2/c1-5-27-21(16-8-11-18(29-2)19(12-16)30-3)25-26-22(27)32-14-20(28)24-23-13-15-6-9-17(31-4)10-7-15/h6-13H,5,14H2,1-4H3,(H,24,28)/b23-13-. The van der Waals surface area contributed by atoms with E-state index >= 15 is 0 Å². The van der Waals surface area contributed by atoms with Crippen LogP contribution in [0.5, 0.6) is 11.5 Å². The fourth-order valence-electron chi connectivity index (χ4n) is 2.90. The summed E-state index contributed by atoms with van der Waals surface area (Å²) in [6.07, 6.45) is 3.65. The van der Waals surface area contributed by atoms with Gasteiger partial charge in [0.15, 0.2) is 22.5 Å². The highest BCUT2D eigenvalue weighted by molar-refractivity contribution is 7.99. The number of amides is 1. The van der Waals surface area contributed by atoms with Crippen molar-refractivity contribution < 1.29 is 14.3 Å². The Labute approximate surface area is 195 Å². The van der Waals surface area contributed by atoms with E-state index in [-0.39, 0.29) is 11.7 Å². The van der Waals surface area contributed by atoms with Gasteiger partial charge in [-0.05, 0) is 49.1 Å². The monoisotopic (exact) mass is 471 g/mol. The molecule has 0 spiro atoms. The van der Waals surface area contributed by atoms with E-state index in [4.69, 9.17) is 9.47 Å². The van der Waals surface area contributed by atoms with Crippen molar-refractivity contribution in [3.63, 3.8) is 0 Å². The third kappa shape index (κ3) is 5.83. The Balaban J connectivity index is 1.62.